The van der Waals surface area contributed by atoms with Crippen LogP contribution in [0.5, 0.6) is 0 Å². The summed E-state index contributed by atoms with van der Waals surface area (Å²) in [6.07, 6.45) is 1.89. The summed E-state index contributed by atoms with van der Waals surface area (Å²) in [7, 11) is 4.04. The minimum atomic E-state index is 0.467. The third kappa shape index (κ3) is 2.89. The molecule has 0 bridgehead atoms. The van der Waals surface area contributed by atoms with Crippen LogP contribution in [0.15, 0.2) is 18.2 Å². The second-order valence-electron chi connectivity index (χ2n) is 3.50. The number of hydrogen-bond acceptors (Lipinski definition) is 3. The van der Waals surface area contributed by atoms with Gasteiger partial charge in [0.05, 0.1) is 0 Å². The van der Waals surface area contributed by atoms with E-state index in [1.807, 2.05) is 32.5 Å². The van der Waals surface area contributed by atoms with E-state index in [0.717, 1.165) is 5.69 Å². The predicted octanol–water partition coefficient (Wildman–Crippen LogP) is 2.77. The van der Waals surface area contributed by atoms with Crippen LogP contribution in [0.3, 0.4) is 0 Å². The van der Waals surface area contributed by atoms with Crippen LogP contribution >= 0.6 is 11.8 Å². The molecule has 15 heavy (non-hydrogen) atoms. The lowest BCUT2D eigenvalue weighted by molar-refractivity contribution is 1.12. The third-order valence-electron chi connectivity index (χ3n) is 2.24. The normalized spacial score (nSPS) is 9.87. The van der Waals surface area contributed by atoms with Crippen LogP contribution in [0.4, 0.5) is 11.4 Å². The topological polar surface area (TPSA) is 39.1 Å². The van der Waals surface area contributed by atoms with Crippen LogP contribution in [0.2, 0.25) is 0 Å². The number of nitrogens with one attached hydrogen (secondary N) is 2. The SMILES string of the molecule is CSC(=N)Nc1cccc(N(C)C)c1C. The summed E-state index contributed by atoms with van der Waals surface area (Å²) in [4.78, 5) is 2.07. The van der Waals surface area contributed by atoms with Gasteiger partial charge in [-0.3, -0.25) is 5.41 Å². The van der Waals surface area contributed by atoms with Crippen LogP contribution in [0, 0.1) is 12.3 Å². The number of thioether (sulfide) groups is 1. The van der Waals surface area contributed by atoms with Gasteiger partial charge in [-0.1, -0.05) is 17.8 Å². The Balaban J connectivity index is 2.99. The molecule has 0 amide bonds. The van der Waals surface area contributed by atoms with Gasteiger partial charge in [-0.2, -0.15) is 0 Å². The average molecular weight is 223 g/mol. The Bertz CT molecular complexity index is 361. The minimum Gasteiger partial charge on any atom is -0.377 e. The molecule has 0 aromatic heterocycles. The van der Waals surface area contributed by atoms with E-state index < -0.39 is 0 Å². The Labute approximate surface area is 95.4 Å². The Hall–Kier alpha value is -1.16. The van der Waals surface area contributed by atoms with Crippen LogP contribution in [-0.2, 0) is 0 Å². The number of benzene rings is 1. The van der Waals surface area contributed by atoms with Gasteiger partial charge in [0, 0.05) is 25.5 Å². The van der Waals surface area contributed by atoms with Gasteiger partial charge in [-0.15, -0.1) is 0 Å². The van der Waals surface area contributed by atoms with E-state index >= 15 is 0 Å². The molecule has 0 unspecified atom stereocenters. The van der Waals surface area contributed by atoms with E-state index in [1.165, 1.54) is 23.0 Å². The lowest BCUT2D eigenvalue weighted by Crippen LogP contribution is -2.12. The molecule has 4 heteroatoms. The second-order valence-corrected chi connectivity index (χ2v) is 4.32. The summed E-state index contributed by atoms with van der Waals surface area (Å²) >= 11 is 1.40. The summed E-state index contributed by atoms with van der Waals surface area (Å²) in [5.41, 5.74) is 3.34. The molecular weight excluding hydrogens is 206 g/mol. The van der Waals surface area contributed by atoms with Crippen molar-refractivity contribution >= 4 is 28.3 Å². The van der Waals surface area contributed by atoms with Crippen LogP contribution < -0.4 is 10.2 Å². The standard InChI is InChI=1S/C11H17N3S/c1-8-9(13-11(12)15-4)6-5-7-10(8)14(2)3/h5-7H,1-4H3,(H2,12,13). The maximum Gasteiger partial charge on any atom is 0.157 e. The first kappa shape index (κ1) is 11.9. The van der Waals surface area contributed by atoms with Crippen LogP contribution in [0.1, 0.15) is 5.56 Å². The van der Waals surface area contributed by atoms with Crippen molar-refractivity contribution in [2.75, 3.05) is 30.6 Å². The molecule has 0 aliphatic heterocycles. The molecule has 0 spiro atoms. The van der Waals surface area contributed by atoms with E-state index in [9.17, 15) is 0 Å². The molecule has 0 fully saturated rings. The fraction of sp³-hybridized carbons (Fsp3) is 0.364. The molecule has 0 radical (unpaired) electrons. The molecule has 1 rings (SSSR count). The highest BCUT2D eigenvalue weighted by Gasteiger charge is 2.05. The van der Waals surface area contributed by atoms with E-state index in [4.69, 9.17) is 5.41 Å². The molecule has 0 saturated carbocycles. The van der Waals surface area contributed by atoms with Gasteiger partial charge in [-0.25, -0.2) is 0 Å². The Morgan fingerprint density at radius 1 is 1.40 bits per heavy atom. The maximum atomic E-state index is 7.59. The molecule has 1 aromatic carbocycles. The number of anilines is 2. The van der Waals surface area contributed by atoms with Crippen molar-refractivity contribution in [3.05, 3.63) is 23.8 Å². The van der Waals surface area contributed by atoms with Crippen molar-refractivity contribution in [2.24, 2.45) is 0 Å². The summed E-state index contributed by atoms with van der Waals surface area (Å²) in [5.74, 6) is 0. The first-order valence-electron chi connectivity index (χ1n) is 4.72. The lowest BCUT2D eigenvalue weighted by atomic mass is 10.1. The molecule has 1 aromatic rings. The molecule has 0 atom stereocenters. The first-order chi connectivity index (χ1) is 7.06. The molecule has 0 aliphatic carbocycles. The van der Waals surface area contributed by atoms with Crippen molar-refractivity contribution in [1.29, 1.82) is 5.41 Å². The Morgan fingerprint density at radius 3 is 2.60 bits per heavy atom. The molecular formula is C11H17N3S. The summed E-state index contributed by atoms with van der Waals surface area (Å²) in [6, 6.07) is 6.06. The highest BCUT2D eigenvalue weighted by Crippen LogP contribution is 2.25. The average Bonchev–Trinajstić information content (AvgIpc) is 2.20. The monoisotopic (exact) mass is 223 g/mol. The summed E-state index contributed by atoms with van der Waals surface area (Å²) in [6.45, 7) is 2.06. The number of nitrogens with zero attached hydrogens (tertiary/aromatic N) is 1. The number of rotatable bonds is 2. The predicted molar refractivity (Wildman–Crippen MR) is 70.4 cm³/mol. The van der Waals surface area contributed by atoms with Crippen LogP contribution in [-0.4, -0.2) is 25.5 Å². The van der Waals surface area contributed by atoms with Crippen molar-refractivity contribution in [3.63, 3.8) is 0 Å². The van der Waals surface area contributed by atoms with E-state index in [-0.39, 0.29) is 0 Å². The molecule has 82 valence electrons. The van der Waals surface area contributed by atoms with Gasteiger partial charge in [0.15, 0.2) is 5.17 Å². The summed E-state index contributed by atoms with van der Waals surface area (Å²) in [5, 5.41) is 11.1. The zero-order valence-corrected chi connectivity index (χ0v) is 10.4. The lowest BCUT2D eigenvalue weighted by Gasteiger charge is -2.18. The number of amidine groups is 1. The third-order valence-corrected chi connectivity index (χ3v) is 2.75. The van der Waals surface area contributed by atoms with E-state index in [0.29, 0.717) is 5.17 Å². The van der Waals surface area contributed by atoms with E-state index in [1.54, 1.807) is 0 Å². The Morgan fingerprint density at radius 2 is 2.07 bits per heavy atom. The fourth-order valence-electron chi connectivity index (χ4n) is 1.42. The largest absolute Gasteiger partial charge is 0.377 e. The molecule has 2 N–H and O–H groups in total. The van der Waals surface area contributed by atoms with Crippen molar-refractivity contribution in [3.8, 4) is 0 Å². The highest BCUT2D eigenvalue weighted by atomic mass is 32.2. The zero-order valence-electron chi connectivity index (χ0n) is 9.59. The molecule has 0 aliphatic rings. The number of hydrogen-bond donors (Lipinski definition) is 2. The summed E-state index contributed by atoms with van der Waals surface area (Å²) < 4.78 is 0. The zero-order chi connectivity index (χ0) is 11.4. The van der Waals surface area contributed by atoms with Crippen LogP contribution in [0.25, 0.3) is 0 Å². The highest BCUT2D eigenvalue weighted by molar-refractivity contribution is 8.13. The van der Waals surface area contributed by atoms with Gasteiger partial charge >= 0.3 is 0 Å². The smallest absolute Gasteiger partial charge is 0.157 e. The van der Waals surface area contributed by atoms with Gasteiger partial charge in [0.2, 0.25) is 0 Å². The van der Waals surface area contributed by atoms with Crippen molar-refractivity contribution in [2.45, 2.75) is 6.92 Å². The second kappa shape index (κ2) is 5.07. The Kier molecular flexibility index (Phi) is 4.03. The molecule has 0 saturated heterocycles. The van der Waals surface area contributed by atoms with Gasteiger partial charge < -0.3 is 10.2 Å². The maximum absolute atomic E-state index is 7.59. The quantitative estimate of drug-likeness (QED) is 0.598. The molecule has 3 nitrogen and oxygen atoms in total. The first-order valence-corrected chi connectivity index (χ1v) is 5.95. The minimum absolute atomic E-state index is 0.467. The van der Waals surface area contributed by atoms with Gasteiger partial charge in [0.25, 0.3) is 0 Å². The fourth-order valence-corrected chi connectivity index (χ4v) is 1.63. The van der Waals surface area contributed by atoms with Gasteiger partial charge in [-0.05, 0) is 30.9 Å². The van der Waals surface area contributed by atoms with E-state index in [2.05, 4.69) is 23.2 Å². The van der Waals surface area contributed by atoms with Crippen molar-refractivity contribution < 1.29 is 0 Å². The van der Waals surface area contributed by atoms with Crippen molar-refractivity contribution in [1.82, 2.24) is 0 Å². The molecule has 0 heterocycles. The van der Waals surface area contributed by atoms with Gasteiger partial charge in [0.1, 0.15) is 0 Å².